The van der Waals surface area contributed by atoms with Crippen LogP contribution in [-0.2, 0) is 13.1 Å². The summed E-state index contributed by atoms with van der Waals surface area (Å²) in [5.41, 5.74) is 1.68. The van der Waals surface area contributed by atoms with Gasteiger partial charge in [0.2, 0.25) is 0 Å². The van der Waals surface area contributed by atoms with Crippen molar-refractivity contribution in [3.05, 3.63) is 89.6 Å². The Kier molecular flexibility index (Phi) is 6.63. The zero-order valence-corrected chi connectivity index (χ0v) is 15.3. The molecule has 1 N–H and O–H groups in total. The van der Waals surface area contributed by atoms with Crippen LogP contribution in [0.5, 0.6) is 5.75 Å². The molecule has 0 aliphatic heterocycles. The van der Waals surface area contributed by atoms with E-state index < -0.39 is 6.10 Å². The van der Waals surface area contributed by atoms with Crippen LogP contribution in [-0.4, -0.2) is 29.3 Å². The lowest BCUT2D eigenvalue weighted by molar-refractivity contribution is 0.0600. The second kappa shape index (κ2) is 9.35. The molecule has 0 saturated carbocycles. The number of halogens is 1. The molecule has 0 fully saturated rings. The van der Waals surface area contributed by atoms with Crippen LogP contribution in [0.25, 0.3) is 0 Å². The number of aryl methyl sites for hydroxylation is 1. The third-order valence-corrected chi connectivity index (χ3v) is 4.21. The highest BCUT2D eigenvalue weighted by Gasteiger charge is 2.16. The van der Waals surface area contributed by atoms with Crippen LogP contribution in [0, 0.1) is 12.7 Å². The molecule has 0 aliphatic carbocycles. The zero-order valence-electron chi connectivity index (χ0n) is 15.3. The molecule has 3 rings (SSSR count). The van der Waals surface area contributed by atoms with Gasteiger partial charge < -0.3 is 14.3 Å². The number of ether oxygens (including phenoxy) is 1. The molecule has 3 aromatic rings. The van der Waals surface area contributed by atoms with Crippen LogP contribution in [0.15, 0.2) is 71.3 Å². The molecule has 4 nitrogen and oxygen atoms in total. The van der Waals surface area contributed by atoms with Gasteiger partial charge in [-0.05, 0) is 42.8 Å². The first kappa shape index (κ1) is 19.1. The first-order chi connectivity index (χ1) is 13.1. The minimum atomic E-state index is -0.716. The van der Waals surface area contributed by atoms with E-state index in [1.165, 1.54) is 6.07 Å². The maximum Gasteiger partial charge on any atom is 0.127 e. The summed E-state index contributed by atoms with van der Waals surface area (Å²) in [6, 6.07) is 18.0. The highest BCUT2D eigenvalue weighted by Crippen LogP contribution is 2.15. The second-order valence-electron chi connectivity index (χ2n) is 6.62. The van der Waals surface area contributed by atoms with Crippen molar-refractivity contribution in [2.45, 2.75) is 26.1 Å². The number of furan rings is 1. The van der Waals surface area contributed by atoms with Crippen LogP contribution in [0.2, 0.25) is 0 Å². The zero-order chi connectivity index (χ0) is 19.1. The van der Waals surface area contributed by atoms with Gasteiger partial charge in [-0.25, -0.2) is 4.39 Å². The number of rotatable bonds is 9. The lowest BCUT2D eigenvalue weighted by atomic mass is 10.2. The topological polar surface area (TPSA) is 45.8 Å². The molecule has 0 aliphatic rings. The molecule has 27 heavy (non-hydrogen) atoms. The largest absolute Gasteiger partial charge is 0.491 e. The molecule has 0 saturated heterocycles. The van der Waals surface area contributed by atoms with Gasteiger partial charge in [0.25, 0.3) is 0 Å². The summed E-state index contributed by atoms with van der Waals surface area (Å²) < 4.78 is 25.1. The third-order valence-electron chi connectivity index (χ3n) is 4.21. The highest BCUT2D eigenvalue weighted by molar-refractivity contribution is 5.27. The highest BCUT2D eigenvalue weighted by atomic mass is 19.1. The minimum absolute atomic E-state index is 0.162. The van der Waals surface area contributed by atoms with E-state index in [1.807, 2.05) is 48.2 Å². The van der Waals surface area contributed by atoms with E-state index in [0.29, 0.717) is 25.2 Å². The molecule has 1 heterocycles. The summed E-state index contributed by atoms with van der Waals surface area (Å²) in [5.74, 6) is 1.23. The molecule has 1 atom stereocenters. The molecule has 1 unspecified atom stereocenters. The Morgan fingerprint density at radius 2 is 1.93 bits per heavy atom. The van der Waals surface area contributed by atoms with Crippen molar-refractivity contribution < 1.29 is 18.7 Å². The van der Waals surface area contributed by atoms with Crippen molar-refractivity contribution in [3.8, 4) is 5.75 Å². The Hall–Kier alpha value is -2.63. The summed E-state index contributed by atoms with van der Waals surface area (Å²) in [4.78, 5) is 1.95. The van der Waals surface area contributed by atoms with E-state index in [1.54, 1.807) is 24.5 Å². The van der Waals surface area contributed by atoms with Crippen LogP contribution >= 0.6 is 0 Å². The normalized spacial score (nSPS) is 12.3. The summed E-state index contributed by atoms with van der Waals surface area (Å²) in [6.45, 7) is 3.33. The first-order valence-corrected chi connectivity index (χ1v) is 8.96. The molecular weight excluding hydrogens is 345 g/mol. The van der Waals surface area contributed by atoms with Gasteiger partial charge in [0, 0.05) is 18.7 Å². The fraction of sp³-hybridized carbons (Fsp3) is 0.273. The Morgan fingerprint density at radius 1 is 1.07 bits per heavy atom. The summed E-state index contributed by atoms with van der Waals surface area (Å²) >= 11 is 0. The predicted molar refractivity (Wildman–Crippen MR) is 102 cm³/mol. The summed E-state index contributed by atoms with van der Waals surface area (Å²) in [6.07, 6.45) is 0.890. The summed E-state index contributed by atoms with van der Waals surface area (Å²) in [5, 5.41) is 10.4. The molecule has 142 valence electrons. The maximum atomic E-state index is 14.0. The number of aliphatic hydroxyl groups is 1. The Bertz CT molecular complexity index is 835. The monoisotopic (exact) mass is 369 g/mol. The van der Waals surface area contributed by atoms with Gasteiger partial charge in [-0.1, -0.05) is 30.3 Å². The molecule has 0 amide bonds. The molecule has 0 radical (unpaired) electrons. The Morgan fingerprint density at radius 3 is 2.67 bits per heavy atom. The van der Waals surface area contributed by atoms with Crippen LogP contribution in [0.1, 0.15) is 16.9 Å². The number of benzene rings is 2. The number of aliphatic hydroxyl groups excluding tert-OH is 1. The van der Waals surface area contributed by atoms with E-state index in [9.17, 15) is 9.50 Å². The van der Waals surface area contributed by atoms with Crippen LogP contribution < -0.4 is 4.74 Å². The number of nitrogens with zero attached hydrogens (tertiary/aromatic N) is 1. The minimum Gasteiger partial charge on any atom is -0.491 e. The van der Waals surface area contributed by atoms with E-state index in [0.717, 1.165) is 17.1 Å². The summed E-state index contributed by atoms with van der Waals surface area (Å²) in [7, 11) is 0. The van der Waals surface area contributed by atoms with Gasteiger partial charge in [0.05, 0.1) is 12.8 Å². The fourth-order valence-corrected chi connectivity index (χ4v) is 2.92. The Balaban J connectivity index is 1.62. The number of hydrogen-bond acceptors (Lipinski definition) is 4. The molecule has 0 bridgehead atoms. The second-order valence-corrected chi connectivity index (χ2v) is 6.62. The quantitative estimate of drug-likeness (QED) is 0.615. The van der Waals surface area contributed by atoms with Gasteiger partial charge in [0.1, 0.15) is 30.0 Å². The lowest BCUT2D eigenvalue weighted by Crippen LogP contribution is -2.35. The first-order valence-electron chi connectivity index (χ1n) is 8.96. The van der Waals surface area contributed by atoms with Crippen molar-refractivity contribution in [2.24, 2.45) is 0 Å². The van der Waals surface area contributed by atoms with E-state index in [-0.39, 0.29) is 12.4 Å². The van der Waals surface area contributed by atoms with Crippen molar-refractivity contribution >= 4 is 0 Å². The van der Waals surface area contributed by atoms with Gasteiger partial charge in [-0.2, -0.15) is 0 Å². The predicted octanol–water partition coefficient (Wildman–Crippen LogP) is 4.17. The SMILES string of the molecule is Cc1cccc(OCC(O)CN(Cc2ccco2)Cc2ccccc2F)c1. The van der Waals surface area contributed by atoms with Gasteiger partial charge >= 0.3 is 0 Å². The van der Waals surface area contributed by atoms with Crippen LogP contribution in [0.3, 0.4) is 0 Å². The average Bonchev–Trinajstić information content (AvgIpc) is 3.15. The smallest absolute Gasteiger partial charge is 0.127 e. The van der Waals surface area contributed by atoms with Gasteiger partial charge in [-0.15, -0.1) is 0 Å². The van der Waals surface area contributed by atoms with Gasteiger partial charge in [-0.3, -0.25) is 4.90 Å². The van der Waals surface area contributed by atoms with E-state index in [4.69, 9.17) is 9.15 Å². The van der Waals surface area contributed by atoms with Gasteiger partial charge in [0.15, 0.2) is 0 Å². The fourth-order valence-electron chi connectivity index (χ4n) is 2.92. The maximum absolute atomic E-state index is 14.0. The molecular formula is C22H24FNO3. The molecule has 0 spiro atoms. The number of hydrogen-bond donors (Lipinski definition) is 1. The van der Waals surface area contributed by atoms with E-state index in [2.05, 4.69) is 0 Å². The third kappa shape index (κ3) is 5.94. The molecule has 2 aromatic carbocycles. The Labute approximate surface area is 158 Å². The van der Waals surface area contributed by atoms with Crippen molar-refractivity contribution in [1.29, 1.82) is 0 Å². The van der Waals surface area contributed by atoms with Crippen molar-refractivity contribution in [1.82, 2.24) is 4.90 Å². The molecule has 1 aromatic heterocycles. The van der Waals surface area contributed by atoms with Crippen molar-refractivity contribution in [3.63, 3.8) is 0 Å². The standard InChI is InChI=1S/C22H24FNO3/c1-17-6-4-8-20(12-17)27-16-19(25)14-24(15-21-9-5-11-26-21)13-18-7-2-3-10-22(18)23/h2-12,19,25H,13-16H2,1H3. The van der Waals surface area contributed by atoms with E-state index >= 15 is 0 Å². The molecule has 5 heteroatoms. The lowest BCUT2D eigenvalue weighted by Gasteiger charge is -2.24. The van der Waals surface area contributed by atoms with Crippen molar-refractivity contribution in [2.75, 3.05) is 13.2 Å². The average molecular weight is 369 g/mol. The van der Waals surface area contributed by atoms with Crippen LogP contribution in [0.4, 0.5) is 4.39 Å².